The zero-order chi connectivity index (χ0) is 27.4. The lowest BCUT2D eigenvalue weighted by Crippen LogP contribution is -2.18. The van der Waals surface area contributed by atoms with Gasteiger partial charge in [0.15, 0.2) is 0 Å². The summed E-state index contributed by atoms with van der Waals surface area (Å²) in [6, 6.07) is 10.5. The van der Waals surface area contributed by atoms with Crippen molar-refractivity contribution in [3.8, 4) is 11.1 Å². The first-order chi connectivity index (χ1) is 17.8. The average molecular weight is 544 g/mol. The number of rotatable bonds is 6. The summed E-state index contributed by atoms with van der Waals surface area (Å²) in [4.78, 5) is 20.2. The number of nitrogens with one attached hydrogen (secondary N) is 1. The molecular formula is C26H24F3N5O3S. The molecule has 0 bridgehead atoms. The maximum atomic E-state index is 13.0. The molecule has 0 fully saturated rings. The summed E-state index contributed by atoms with van der Waals surface area (Å²) < 4.78 is 65.9. The van der Waals surface area contributed by atoms with E-state index < -0.39 is 21.8 Å². The lowest BCUT2D eigenvalue weighted by Gasteiger charge is -2.13. The Morgan fingerprint density at radius 2 is 1.82 bits per heavy atom. The number of benzene rings is 2. The van der Waals surface area contributed by atoms with E-state index in [1.54, 1.807) is 32.4 Å². The van der Waals surface area contributed by atoms with E-state index in [1.807, 2.05) is 16.7 Å². The number of aromatic amines is 1. The van der Waals surface area contributed by atoms with E-state index in [1.165, 1.54) is 16.7 Å². The Morgan fingerprint density at radius 3 is 2.47 bits per heavy atom. The predicted molar refractivity (Wildman–Crippen MR) is 139 cm³/mol. The Hall–Kier alpha value is -3.90. The number of hydrogen-bond donors (Lipinski definition) is 2. The Labute approximate surface area is 215 Å². The second kappa shape index (κ2) is 9.14. The highest BCUT2D eigenvalue weighted by atomic mass is 32.2. The van der Waals surface area contributed by atoms with Crippen LogP contribution < -0.4 is 10.7 Å². The Balaban J connectivity index is 1.69. The van der Waals surface area contributed by atoms with Crippen LogP contribution >= 0.6 is 0 Å². The number of primary sulfonamides is 1. The van der Waals surface area contributed by atoms with Crippen LogP contribution in [0.15, 0.2) is 59.7 Å². The summed E-state index contributed by atoms with van der Waals surface area (Å²) in [6.45, 7) is 2.04. The second-order valence-corrected chi connectivity index (χ2v) is 11.0. The third-order valence-electron chi connectivity index (χ3n) is 6.61. The zero-order valence-electron chi connectivity index (χ0n) is 20.5. The second-order valence-electron chi connectivity index (χ2n) is 9.29. The molecule has 0 aliphatic carbocycles. The molecule has 3 heterocycles. The molecule has 3 N–H and O–H groups in total. The van der Waals surface area contributed by atoms with Crippen LogP contribution in [0, 0.1) is 6.92 Å². The van der Waals surface area contributed by atoms with Gasteiger partial charge in [0, 0.05) is 36.9 Å². The van der Waals surface area contributed by atoms with E-state index in [0.29, 0.717) is 38.9 Å². The maximum Gasteiger partial charge on any atom is 0.416 e. The number of aromatic nitrogens is 4. The zero-order valence-corrected chi connectivity index (χ0v) is 21.3. The molecule has 12 heteroatoms. The van der Waals surface area contributed by atoms with Crippen LogP contribution in [0.2, 0.25) is 0 Å². The predicted octanol–water partition coefficient (Wildman–Crippen LogP) is 4.09. The van der Waals surface area contributed by atoms with Gasteiger partial charge in [-0.3, -0.25) is 4.79 Å². The van der Waals surface area contributed by atoms with Gasteiger partial charge in [0.2, 0.25) is 10.0 Å². The summed E-state index contributed by atoms with van der Waals surface area (Å²) in [5, 5.41) is 5.98. The number of imidazole rings is 1. The first-order valence-corrected chi connectivity index (χ1v) is 13.4. The number of nitrogens with two attached hydrogens (primary N) is 1. The van der Waals surface area contributed by atoms with Crippen molar-refractivity contribution in [2.24, 2.45) is 12.2 Å². The molecule has 5 rings (SSSR count). The van der Waals surface area contributed by atoms with Crippen molar-refractivity contribution in [1.82, 2.24) is 19.1 Å². The van der Waals surface area contributed by atoms with Crippen LogP contribution in [0.4, 0.5) is 13.2 Å². The number of nitrogens with zero attached hydrogens (tertiary/aromatic N) is 3. The third kappa shape index (κ3) is 4.84. The van der Waals surface area contributed by atoms with Crippen molar-refractivity contribution in [1.29, 1.82) is 0 Å². The lowest BCUT2D eigenvalue weighted by molar-refractivity contribution is -0.137. The Morgan fingerprint density at radius 1 is 1.11 bits per heavy atom. The number of alkyl halides is 3. The molecule has 0 atom stereocenters. The normalized spacial score (nSPS) is 12.6. The quantitative estimate of drug-likeness (QED) is 0.336. The molecule has 0 saturated heterocycles. The highest BCUT2D eigenvalue weighted by Crippen LogP contribution is 2.33. The van der Waals surface area contributed by atoms with E-state index in [9.17, 15) is 26.4 Å². The molecule has 198 valence electrons. The van der Waals surface area contributed by atoms with E-state index >= 15 is 0 Å². The molecule has 0 aliphatic rings. The molecule has 0 amide bonds. The topological polar surface area (TPSA) is 116 Å². The lowest BCUT2D eigenvalue weighted by atomic mass is 9.99. The van der Waals surface area contributed by atoms with Gasteiger partial charge in [0.25, 0.3) is 5.56 Å². The molecule has 3 aromatic heterocycles. The summed E-state index contributed by atoms with van der Waals surface area (Å²) >= 11 is 0. The van der Waals surface area contributed by atoms with Gasteiger partial charge >= 0.3 is 6.18 Å². The molecule has 0 spiro atoms. The van der Waals surface area contributed by atoms with Gasteiger partial charge in [-0.15, -0.1) is 0 Å². The van der Waals surface area contributed by atoms with Gasteiger partial charge in [0.05, 0.1) is 22.3 Å². The number of H-pyrrole nitrogens is 1. The molecular weight excluding hydrogens is 519 g/mol. The van der Waals surface area contributed by atoms with E-state index in [0.717, 1.165) is 23.3 Å². The minimum Gasteiger partial charge on any atom is -0.357 e. The van der Waals surface area contributed by atoms with E-state index in [4.69, 9.17) is 5.14 Å². The molecule has 38 heavy (non-hydrogen) atoms. The van der Waals surface area contributed by atoms with Crippen molar-refractivity contribution in [2.75, 3.05) is 5.75 Å². The first kappa shape index (κ1) is 25.7. The number of halogens is 3. The first-order valence-electron chi connectivity index (χ1n) is 11.7. The summed E-state index contributed by atoms with van der Waals surface area (Å²) in [6.07, 6.45) is -0.924. The molecule has 8 nitrogen and oxygen atoms in total. The molecule has 0 aliphatic heterocycles. The number of sulfonamides is 1. The summed E-state index contributed by atoms with van der Waals surface area (Å²) in [5.74, 6) is 0.324. The van der Waals surface area contributed by atoms with Crippen LogP contribution in [0.3, 0.4) is 0 Å². The maximum absolute atomic E-state index is 13.0. The van der Waals surface area contributed by atoms with Gasteiger partial charge in [-0.25, -0.2) is 18.5 Å². The van der Waals surface area contributed by atoms with Gasteiger partial charge in [0.1, 0.15) is 11.3 Å². The number of hydrogen-bond acceptors (Lipinski definition) is 4. The van der Waals surface area contributed by atoms with Crippen molar-refractivity contribution in [2.45, 2.75) is 26.1 Å². The van der Waals surface area contributed by atoms with Crippen LogP contribution in [0.1, 0.15) is 22.5 Å². The van der Waals surface area contributed by atoms with Gasteiger partial charge in [-0.1, -0.05) is 12.1 Å². The van der Waals surface area contributed by atoms with E-state index in [-0.39, 0.29) is 24.3 Å². The number of aryl methyl sites for hydroxylation is 3. The van der Waals surface area contributed by atoms with Crippen molar-refractivity contribution < 1.29 is 21.6 Å². The summed E-state index contributed by atoms with van der Waals surface area (Å²) in [5.41, 5.74) is 3.56. The number of pyridine rings is 1. The highest BCUT2D eigenvalue weighted by molar-refractivity contribution is 7.89. The molecule has 2 aromatic carbocycles. The van der Waals surface area contributed by atoms with Crippen LogP contribution in [0.25, 0.3) is 33.1 Å². The molecule has 0 saturated carbocycles. The molecule has 5 aromatic rings. The fourth-order valence-corrected chi connectivity index (χ4v) is 5.19. The smallest absolute Gasteiger partial charge is 0.357 e. The summed E-state index contributed by atoms with van der Waals surface area (Å²) in [7, 11) is -2.11. The van der Waals surface area contributed by atoms with Crippen LogP contribution in [-0.2, 0) is 36.2 Å². The monoisotopic (exact) mass is 543 g/mol. The van der Waals surface area contributed by atoms with Crippen molar-refractivity contribution in [3.63, 3.8) is 0 Å². The molecule has 0 radical (unpaired) electrons. The standard InChI is InChI=1S/C26H24F3N5O3S/c1-15-32-23-17(8-10-38(30,36)37)11-18(21-14-33(2)25(35)24-20(21)7-9-31-24)12-22(23)34(15)13-16-3-5-19(6-4-16)26(27,28)29/h3-7,9,11-12,14,31H,8,10,13H2,1-2H3,(H2,30,36,37). The minimum atomic E-state index is -4.43. The van der Waals surface area contributed by atoms with Crippen LogP contribution in [-0.4, -0.2) is 33.3 Å². The largest absolute Gasteiger partial charge is 0.416 e. The highest BCUT2D eigenvalue weighted by Gasteiger charge is 2.30. The fourth-order valence-electron chi connectivity index (χ4n) is 4.69. The minimum absolute atomic E-state index is 0.113. The number of fused-ring (bicyclic) bond motifs is 2. The Kier molecular flexibility index (Phi) is 6.19. The van der Waals surface area contributed by atoms with Gasteiger partial charge < -0.3 is 14.1 Å². The average Bonchev–Trinajstić information content (AvgIpc) is 3.45. The third-order valence-corrected chi connectivity index (χ3v) is 7.38. The SMILES string of the molecule is Cc1nc2c(CCS(N)(=O)=O)cc(-c3cn(C)c(=O)c4[nH]ccc34)cc2n1Cc1ccc(C(F)(F)F)cc1. The van der Waals surface area contributed by atoms with Gasteiger partial charge in [-0.05, 0) is 60.4 Å². The van der Waals surface area contributed by atoms with Gasteiger partial charge in [-0.2, -0.15) is 13.2 Å². The van der Waals surface area contributed by atoms with Crippen LogP contribution in [0.5, 0.6) is 0 Å². The van der Waals surface area contributed by atoms with E-state index in [2.05, 4.69) is 9.97 Å². The van der Waals surface area contributed by atoms with Crippen molar-refractivity contribution in [3.05, 3.63) is 87.7 Å². The molecule has 0 unspecified atom stereocenters. The Bertz CT molecular complexity index is 1850. The fraction of sp³-hybridized carbons (Fsp3) is 0.231. The van der Waals surface area contributed by atoms with Crippen molar-refractivity contribution >= 4 is 32.0 Å².